The third-order valence-corrected chi connectivity index (χ3v) is 5.31. The number of carboxylic acids is 1. The quantitative estimate of drug-likeness (QED) is 0.887. The standard InChI is InChI=1S/C17H23NO2/c1-10-3-4-12(7-11(10)2)9-18-16-14-6-5-13(8-14)15(16)17(19)20/h3-4,7,13-16,18H,5-6,8-9H2,1-2H3,(H,19,20). The number of aliphatic carboxylic acids is 1. The van der Waals surface area contributed by atoms with Gasteiger partial charge < -0.3 is 10.4 Å². The van der Waals surface area contributed by atoms with Crippen LogP contribution in [-0.4, -0.2) is 17.1 Å². The second-order valence-electron chi connectivity index (χ2n) is 6.52. The molecule has 1 aromatic rings. The highest BCUT2D eigenvalue weighted by Crippen LogP contribution is 2.48. The van der Waals surface area contributed by atoms with Crippen molar-refractivity contribution in [3.8, 4) is 0 Å². The van der Waals surface area contributed by atoms with E-state index >= 15 is 0 Å². The molecule has 4 atom stereocenters. The summed E-state index contributed by atoms with van der Waals surface area (Å²) in [5.41, 5.74) is 3.85. The van der Waals surface area contributed by atoms with Gasteiger partial charge in [-0.15, -0.1) is 0 Å². The van der Waals surface area contributed by atoms with E-state index in [1.807, 2.05) is 0 Å². The Balaban J connectivity index is 1.68. The normalized spacial score (nSPS) is 31.7. The lowest BCUT2D eigenvalue weighted by Gasteiger charge is -2.29. The summed E-state index contributed by atoms with van der Waals surface area (Å²) in [7, 11) is 0. The highest BCUT2D eigenvalue weighted by Gasteiger charge is 2.50. The number of benzene rings is 1. The zero-order chi connectivity index (χ0) is 14.3. The number of aryl methyl sites for hydroxylation is 2. The first-order valence-electron chi connectivity index (χ1n) is 7.58. The van der Waals surface area contributed by atoms with E-state index in [1.54, 1.807) is 0 Å². The van der Waals surface area contributed by atoms with E-state index in [1.165, 1.54) is 23.1 Å². The highest BCUT2D eigenvalue weighted by molar-refractivity contribution is 5.72. The average molecular weight is 273 g/mol. The van der Waals surface area contributed by atoms with Crippen LogP contribution in [-0.2, 0) is 11.3 Å². The molecule has 3 rings (SSSR count). The molecule has 0 amide bonds. The minimum Gasteiger partial charge on any atom is -0.481 e. The van der Waals surface area contributed by atoms with E-state index < -0.39 is 5.97 Å². The van der Waals surface area contributed by atoms with Crippen molar-refractivity contribution in [2.24, 2.45) is 17.8 Å². The van der Waals surface area contributed by atoms with Gasteiger partial charge in [0.15, 0.2) is 0 Å². The molecule has 3 nitrogen and oxygen atoms in total. The van der Waals surface area contributed by atoms with Gasteiger partial charge in [-0.3, -0.25) is 4.79 Å². The second kappa shape index (κ2) is 5.21. The van der Waals surface area contributed by atoms with Gasteiger partial charge in [0, 0.05) is 12.6 Å². The van der Waals surface area contributed by atoms with E-state index in [0.717, 1.165) is 19.4 Å². The molecule has 0 radical (unpaired) electrons. The molecule has 2 aliphatic carbocycles. The fourth-order valence-electron chi connectivity index (χ4n) is 4.09. The third kappa shape index (κ3) is 2.35. The Morgan fingerprint density at radius 3 is 2.70 bits per heavy atom. The van der Waals surface area contributed by atoms with Gasteiger partial charge in [0.2, 0.25) is 0 Å². The van der Waals surface area contributed by atoms with Crippen molar-refractivity contribution >= 4 is 5.97 Å². The molecule has 0 heterocycles. The van der Waals surface area contributed by atoms with Gasteiger partial charge in [-0.25, -0.2) is 0 Å². The van der Waals surface area contributed by atoms with E-state index in [2.05, 4.69) is 37.4 Å². The average Bonchev–Trinajstić information content (AvgIpc) is 3.00. The van der Waals surface area contributed by atoms with Crippen molar-refractivity contribution in [1.82, 2.24) is 5.32 Å². The second-order valence-corrected chi connectivity index (χ2v) is 6.52. The van der Waals surface area contributed by atoms with Gasteiger partial charge in [-0.2, -0.15) is 0 Å². The Kier molecular flexibility index (Phi) is 3.55. The van der Waals surface area contributed by atoms with Gasteiger partial charge in [-0.1, -0.05) is 18.2 Å². The maximum atomic E-state index is 11.5. The first-order chi connectivity index (χ1) is 9.56. The number of hydrogen-bond acceptors (Lipinski definition) is 2. The van der Waals surface area contributed by atoms with Crippen LogP contribution in [0.3, 0.4) is 0 Å². The Labute approximate surface area is 120 Å². The molecule has 3 heteroatoms. The van der Waals surface area contributed by atoms with Crippen LogP contribution in [0.25, 0.3) is 0 Å². The molecule has 2 aliphatic rings. The van der Waals surface area contributed by atoms with Crippen LogP contribution in [0.15, 0.2) is 18.2 Å². The van der Waals surface area contributed by atoms with Crippen molar-refractivity contribution < 1.29 is 9.90 Å². The molecule has 2 N–H and O–H groups in total. The predicted molar refractivity (Wildman–Crippen MR) is 78.5 cm³/mol. The summed E-state index contributed by atoms with van der Waals surface area (Å²) >= 11 is 0. The van der Waals surface area contributed by atoms with Gasteiger partial charge in [0.05, 0.1) is 5.92 Å². The summed E-state index contributed by atoms with van der Waals surface area (Å²) in [6, 6.07) is 6.64. The molecule has 4 unspecified atom stereocenters. The van der Waals surface area contributed by atoms with Crippen molar-refractivity contribution in [1.29, 1.82) is 0 Å². The lowest BCUT2D eigenvalue weighted by atomic mass is 9.84. The van der Waals surface area contributed by atoms with Crippen molar-refractivity contribution in [2.75, 3.05) is 0 Å². The number of hydrogen-bond donors (Lipinski definition) is 2. The van der Waals surface area contributed by atoms with Gasteiger partial charge in [-0.05, 0) is 61.6 Å². The van der Waals surface area contributed by atoms with E-state index in [9.17, 15) is 9.90 Å². The molecular weight excluding hydrogens is 250 g/mol. The lowest BCUT2D eigenvalue weighted by Crippen LogP contribution is -2.43. The van der Waals surface area contributed by atoms with Crippen LogP contribution in [0.2, 0.25) is 0 Å². The Morgan fingerprint density at radius 2 is 2.00 bits per heavy atom. The summed E-state index contributed by atoms with van der Waals surface area (Å²) < 4.78 is 0. The van der Waals surface area contributed by atoms with Crippen molar-refractivity contribution in [2.45, 2.75) is 45.7 Å². The smallest absolute Gasteiger partial charge is 0.308 e. The van der Waals surface area contributed by atoms with Crippen LogP contribution in [0, 0.1) is 31.6 Å². The summed E-state index contributed by atoms with van der Waals surface area (Å²) in [5, 5.41) is 13.0. The molecule has 0 aromatic heterocycles. The number of nitrogens with one attached hydrogen (secondary N) is 1. The van der Waals surface area contributed by atoms with Crippen LogP contribution >= 0.6 is 0 Å². The maximum Gasteiger partial charge on any atom is 0.308 e. The molecule has 2 saturated carbocycles. The SMILES string of the molecule is Cc1ccc(CNC2C3CCC(C3)C2C(=O)O)cc1C. The largest absolute Gasteiger partial charge is 0.481 e. The summed E-state index contributed by atoms with van der Waals surface area (Å²) in [4.78, 5) is 11.5. The topological polar surface area (TPSA) is 49.3 Å². The van der Waals surface area contributed by atoms with E-state index in [4.69, 9.17) is 0 Å². The van der Waals surface area contributed by atoms with Gasteiger partial charge in [0.25, 0.3) is 0 Å². The first-order valence-corrected chi connectivity index (χ1v) is 7.58. The number of rotatable bonds is 4. The highest BCUT2D eigenvalue weighted by atomic mass is 16.4. The monoisotopic (exact) mass is 273 g/mol. The summed E-state index contributed by atoms with van der Waals surface area (Å²) in [5.74, 6) is 0.164. The lowest BCUT2D eigenvalue weighted by molar-refractivity contribution is -0.144. The van der Waals surface area contributed by atoms with Crippen LogP contribution in [0.5, 0.6) is 0 Å². The molecule has 2 bridgehead atoms. The molecule has 108 valence electrons. The van der Waals surface area contributed by atoms with E-state index in [-0.39, 0.29) is 12.0 Å². The predicted octanol–water partition coefficient (Wildman–Crippen LogP) is 2.89. The summed E-state index contributed by atoms with van der Waals surface area (Å²) in [6.45, 7) is 5.01. The van der Waals surface area contributed by atoms with Crippen molar-refractivity contribution in [3.05, 3.63) is 34.9 Å². The fraction of sp³-hybridized carbons (Fsp3) is 0.588. The van der Waals surface area contributed by atoms with Crippen molar-refractivity contribution in [3.63, 3.8) is 0 Å². The number of carboxylic acid groups (broad SMARTS) is 1. The molecule has 0 saturated heterocycles. The molecule has 1 aromatic carbocycles. The Morgan fingerprint density at radius 1 is 1.25 bits per heavy atom. The molecule has 0 spiro atoms. The first kappa shape index (κ1) is 13.6. The zero-order valence-corrected chi connectivity index (χ0v) is 12.2. The third-order valence-electron chi connectivity index (χ3n) is 5.31. The maximum absolute atomic E-state index is 11.5. The van der Waals surface area contributed by atoms with Crippen LogP contribution in [0.4, 0.5) is 0 Å². The molecule has 2 fully saturated rings. The van der Waals surface area contributed by atoms with Crippen LogP contribution in [0.1, 0.15) is 36.0 Å². The van der Waals surface area contributed by atoms with Gasteiger partial charge >= 0.3 is 5.97 Å². The molecule has 0 aliphatic heterocycles. The number of fused-ring (bicyclic) bond motifs is 2. The Hall–Kier alpha value is -1.35. The van der Waals surface area contributed by atoms with Gasteiger partial charge in [0.1, 0.15) is 0 Å². The minimum absolute atomic E-state index is 0.160. The molecular formula is C17H23NO2. The van der Waals surface area contributed by atoms with E-state index in [0.29, 0.717) is 11.8 Å². The van der Waals surface area contributed by atoms with Crippen LogP contribution < -0.4 is 5.32 Å². The number of carbonyl (C=O) groups is 1. The minimum atomic E-state index is -0.616. The summed E-state index contributed by atoms with van der Waals surface area (Å²) in [6.07, 6.45) is 3.39. The zero-order valence-electron chi connectivity index (χ0n) is 12.2. The fourth-order valence-corrected chi connectivity index (χ4v) is 4.09. The Bertz CT molecular complexity index is 526. The molecule has 20 heavy (non-hydrogen) atoms.